The zero-order valence-electron chi connectivity index (χ0n) is 26.0. The highest BCUT2D eigenvalue weighted by atomic mass is 16.1. The molecule has 1 aliphatic rings. The molecule has 1 aromatic carbocycles. The van der Waals surface area contributed by atoms with Crippen LogP contribution in [0.5, 0.6) is 0 Å². The highest BCUT2D eigenvalue weighted by Crippen LogP contribution is 2.42. The number of aromatic nitrogens is 7. The summed E-state index contributed by atoms with van der Waals surface area (Å²) in [5.41, 5.74) is 5.00. The lowest BCUT2D eigenvalue weighted by Crippen LogP contribution is -2.39. The Balaban J connectivity index is 1.50. The molecular weight excluding hydrogens is 522 g/mol. The topological polar surface area (TPSA) is 94.3 Å². The Kier molecular flexibility index (Phi) is 9.70. The van der Waals surface area contributed by atoms with E-state index in [-0.39, 0.29) is 11.7 Å². The van der Waals surface area contributed by atoms with Crippen molar-refractivity contribution in [2.75, 3.05) is 0 Å². The van der Waals surface area contributed by atoms with Crippen LogP contribution in [0.3, 0.4) is 0 Å². The molecule has 5 rings (SSSR count). The molecule has 8 heteroatoms. The molecule has 1 N–H and O–H groups in total. The predicted molar refractivity (Wildman–Crippen MR) is 168 cm³/mol. The van der Waals surface area contributed by atoms with Crippen LogP contribution in [-0.4, -0.2) is 34.7 Å². The Bertz CT molecular complexity index is 1450. The molecule has 0 saturated heterocycles. The maximum atomic E-state index is 14.3. The lowest BCUT2D eigenvalue weighted by Gasteiger charge is -2.40. The first kappa shape index (κ1) is 29.9. The van der Waals surface area contributed by atoms with Crippen molar-refractivity contribution in [3.8, 4) is 22.5 Å². The summed E-state index contributed by atoms with van der Waals surface area (Å²) in [5.74, 6) is 2.63. The van der Waals surface area contributed by atoms with Crippen molar-refractivity contribution in [3.05, 3.63) is 70.7 Å². The summed E-state index contributed by atoms with van der Waals surface area (Å²) < 4.78 is 4.15. The minimum Gasteiger partial charge on any atom is -0.295 e. The summed E-state index contributed by atoms with van der Waals surface area (Å²) in [6, 6.07) is 12.3. The average Bonchev–Trinajstić information content (AvgIpc) is 3.61. The number of nitrogens with zero attached hydrogens (tertiary/aromatic N) is 6. The van der Waals surface area contributed by atoms with Gasteiger partial charge in [-0.3, -0.25) is 14.1 Å². The quantitative estimate of drug-likeness (QED) is 0.216. The van der Waals surface area contributed by atoms with E-state index in [0.29, 0.717) is 36.0 Å². The SMILES string of the molecule is CCCCc1cn(C2C(C(C)C)CCCCCC2C(C)C)c(=O)n1Cc1ccc(-c2ccccc2-c2nn[nH]n2)cn1. The Hall–Kier alpha value is -3.55. The van der Waals surface area contributed by atoms with Gasteiger partial charge in [-0.05, 0) is 66.2 Å². The summed E-state index contributed by atoms with van der Waals surface area (Å²) in [4.78, 5) is 19.2. The fourth-order valence-electron chi connectivity index (χ4n) is 7.00. The van der Waals surface area contributed by atoms with Crippen LogP contribution in [-0.2, 0) is 13.0 Å². The minimum absolute atomic E-state index is 0.122. The van der Waals surface area contributed by atoms with Crippen molar-refractivity contribution in [2.45, 2.75) is 98.6 Å². The number of hydrogen-bond donors (Lipinski definition) is 1. The van der Waals surface area contributed by atoms with Crippen LogP contribution in [0.15, 0.2) is 53.6 Å². The number of tetrazole rings is 1. The molecule has 0 amide bonds. The van der Waals surface area contributed by atoms with E-state index >= 15 is 0 Å². The number of hydrogen-bond acceptors (Lipinski definition) is 5. The second kappa shape index (κ2) is 13.6. The van der Waals surface area contributed by atoms with Crippen LogP contribution < -0.4 is 5.69 Å². The summed E-state index contributed by atoms with van der Waals surface area (Å²) >= 11 is 0. The molecule has 3 heterocycles. The van der Waals surface area contributed by atoms with Gasteiger partial charge in [0.05, 0.1) is 12.2 Å². The van der Waals surface area contributed by atoms with Crippen molar-refractivity contribution >= 4 is 0 Å². The highest BCUT2D eigenvalue weighted by molar-refractivity contribution is 5.79. The minimum atomic E-state index is 0.122. The average molecular weight is 570 g/mol. The Morgan fingerprint density at radius 3 is 2.26 bits per heavy atom. The Morgan fingerprint density at radius 1 is 0.952 bits per heavy atom. The molecule has 1 saturated carbocycles. The van der Waals surface area contributed by atoms with Gasteiger partial charge >= 0.3 is 5.69 Å². The lowest BCUT2D eigenvalue weighted by molar-refractivity contribution is 0.111. The largest absolute Gasteiger partial charge is 0.328 e. The lowest BCUT2D eigenvalue weighted by atomic mass is 9.71. The zero-order valence-corrected chi connectivity index (χ0v) is 26.0. The maximum Gasteiger partial charge on any atom is 0.328 e. The van der Waals surface area contributed by atoms with Gasteiger partial charge < -0.3 is 0 Å². The standard InChI is InChI=1S/C34H47N7O/c1-6-7-13-27-22-41(32-28(23(2)3)14-9-8-10-15-29(32)24(4)5)34(42)40(27)21-26-19-18-25(20-35-26)30-16-11-12-17-31(30)33-36-38-39-37-33/h11-12,16-20,22-24,28-29,32H,6-10,13-15,21H2,1-5H3,(H,36,37,38,39). The molecule has 224 valence electrons. The number of aryl methyl sites for hydroxylation is 1. The molecule has 4 aromatic rings. The van der Waals surface area contributed by atoms with Gasteiger partial charge in [0.1, 0.15) is 0 Å². The van der Waals surface area contributed by atoms with Crippen LogP contribution in [0, 0.1) is 23.7 Å². The number of H-pyrrole nitrogens is 1. The van der Waals surface area contributed by atoms with Gasteiger partial charge in [0, 0.05) is 35.3 Å². The number of unbranched alkanes of at least 4 members (excludes halogenated alkanes) is 1. The van der Waals surface area contributed by atoms with E-state index in [1.807, 2.05) is 41.1 Å². The first-order valence-electron chi connectivity index (χ1n) is 16.0. The van der Waals surface area contributed by atoms with E-state index in [2.05, 4.69) is 72.1 Å². The number of imidazole rings is 1. The van der Waals surface area contributed by atoms with Crippen LogP contribution in [0.1, 0.15) is 97.0 Å². The third kappa shape index (κ3) is 6.42. The van der Waals surface area contributed by atoms with E-state index in [9.17, 15) is 4.79 Å². The molecule has 2 atom stereocenters. The van der Waals surface area contributed by atoms with Crippen LogP contribution >= 0.6 is 0 Å². The molecule has 0 aliphatic heterocycles. The monoisotopic (exact) mass is 569 g/mol. The number of aromatic amines is 1. The summed E-state index contributed by atoms with van der Waals surface area (Å²) in [6.45, 7) is 12.1. The van der Waals surface area contributed by atoms with Gasteiger partial charge in [-0.15, -0.1) is 10.2 Å². The molecular formula is C34H47N7O. The number of nitrogens with one attached hydrogen (secondary N) is 1. The fourth-order valence-corrected chi connectivity index (χ4v) is 7.00. The van der Waals surface area contributed by atoms with Gasteiger partial charge in [0.15, 0.2) is 0 Å². The molecule has 3 aromatic heterocycles. The molecule has 1 fully saturated rings. The Labute approximate surface area is 250 Å². The molecule has 0 bridgehead atoms. The van der Waals surface area contributed by atoms with Crippen LogP contribution in [0.4, 0.5) is 0 Å². The number of pyridine rings is 1. The second-order valence-corrected chi connectivity index (χ2v) is 12.8. The van der Waals surface area contributed by atoms with Crippen molar-refractivity contribution in [1.82, 2.24) is 34.7 Å². The fraction of sp³-hybridized carbons (Fsp3) is 0.559. The molecule has 42 heavy (non-hydrogen) atoms. The predicted octanol–water partition coefficient (Wildman–Crippen LogP) is 7.33. The van der Waals surface area contributed by atoms with Crippen molar-refractivity contribution < 1.29 is 0 Å². The van der Waals surface area contributed by atoms with Gasteiger partial charge in [0.25, 0.3) is 0 Å². The summed E-state index contributed by atoms with van der Waals surface area (Å²) in [5, 5.41) is 14.6. The smallest absolute Gasteiger partial charge is 0.295 e. The molecule has 1 aliphatic carbocycles. The van der Waals surface area contributed by atoms with E-state index in [1.54, 1.807) is 0 Å². The molecule has 8 nitrogen and oxygen atoms in total. The van der Waals surface area contributed by atoms with Gasteiger partial charge in [-0.25, -0.2) is 4.79 Å². The first-order chi connectivity index (χ1) is 20.4. The van der Waals surface area contributed by atoms with Gasteiger partial charge in [-0.1, -0.05) is 90.6 Å². The van der Waals surface area contributed by atoms with Crippen molar-refractivity contribution in [3.63, 3.8) is 0 Å². The maximum absolute atomic E-state index is 14.3. The van der Waals surface area contributed by atoms with Gasteiger partial charge in [-0.2, -0.15) is 5.21 Å². The number of rotatable bonds is 10. The highest BCUT2D eigenvalue weighted by Gasteiger charge is 2.37. The first-order valence-corrected chi connectivity index (χ1v) is 16.0. The van der Waals surface area contributed by atoms with E-state index in [4.69, 9.17) is 4.98 Å². The zero-order chi connectivity index (χ0) is 29.6. The van der Waals surface area contributed by atoms with E-state index in [1.165, 1.54) is 32.1 Å². The second-order valence-electron chi connectivity index (χ2n) is 12.8. The van der Waals surface area contributed by atoms with Crippen molar-refractivity contribution in [1.29, 1.82) is 0 Å². The summed E-state index contributed by atoms with van der Waals surface area (Å²) in [6.07, 6.45) is 13.4. The van der Waals surface area contributed by atoms with E-state index < -0.39 is 0 Å². The number of benzene rings is 1. The summed E-state index contributed by atoms with van der Waals surface area (Å²) in [7, 11) is 0. The molecule has 0 radical (unpaired) electrons. The Morgan fingerprint density at radius 2 is 1.67 bits per heavy atom. The third-order valence-electron chi connectivity index (χ3n) is 9.33. The van der Waals surface area contributed by atoms with Crippen LogP contribution in [0.25, 0.3) is 22.5 Å². The molecule has 2 unspecified atom stereocenters. The third-order valence-corrected chi connectivity index (χ3v) is 9.33. The van der Waals surface area contributed by atoms with Crippen LogP contribution in [0.2, 0.25) is 0 Å². The molecule has 0 spiro atoms. The normalized spacial score (nSPS) is 19.7. The van der Waals surface area contributed by atoms with Gasteiger partial charge in [0.2, 0.25) is 5.82 Å². The van der Waals surface area contributed by atoms with Crippen molar-refractivity contribution in [2.24, 2.45) is 23.7 Å². The van der Waals surface area contributed by atoms with E-state index in [0.717, 1.165) is 47.3 Å².